The largest absolute Gasteiger partial charge is 0.378 e. The number of nitrogens with one attached hydrogen (secondary N) is 1. The molecular weight excluding hydrogens is 419 g/mol. The molecule has 0 aliphatic carbocycles. The van der Waals surface area contributed by atoms with Crippen molar-refractivity contribution in [2.75, 3.05) is 24.3 Å². The van der Waals surface area contributed by atoms with Crippen LogP contribution in [0.2, 0.25) is 10.0 Å². The standard InChI is InChI=1S/C23H20Cl2N4O/c1-14-6-5-11-29-21(14)26-20(15-9-10-18(24)19(25)13-15)22(29)27-23(30)16-7-4-8-17(12-16)28(2)3/h4-13H,1-3H3,(H,27,30). The van der Waals surface area contributed by atoms with E-state index in [0.717, 1.165) is 22.5 Å². The van der Waals surface area contributed by atoms with E-state index < -0.39 is 0 Å². The first-order valence-electron chi connectivity index (χ1n) is 9.37. The van der Waals surface area contributed by atoms with E-state index in [2.05, 4.69) is 5.32 Å². The number of benzene rings is 2. The van der Waals surface area contributed by atoms with Gasteiger partial charge >= 0.3 is 0 Å². The van der Waals surface area contributed by atoms with Crippen LogP contribution in [0.4, 0.5) is 11.5 Å². The lowest BCUT2D eigenvalue weighted by molar-refractivity contribution is 0.102. The summed E-state index contributed by atoms with van der Waals surface area (Å²) in [7, 11) is 3.87. The van der Waals surface area contributed by atoms with Gasteiger partial charge in [-0.1, -0.05) is 41.4 Å². The zero-order valence-corrected chi connectivity index (χ0v) is 18.3. The van der Waals surface area contributed by atoms with Crippen molar-refractivity contribution < 1.29 is 4.79 Å². The average molecular weight is 439 g/mol. The molecule has 4 rings (SSSR count). The van der Waals surface area contributed by atoms with Gasteiger partial charge in [-0.15, -0.1) is 0 Å². The number of pyridine rings is 1. The van der Waals surface area contributed by atoms with Gasteiger partial charge in [0.2, 0.25) is 0 Å². The lowest BCUT2D eigenvalue weighted by Crippen LogP contribution is -2.15. The molecule has 0 aliphatic rings. The number of nitrogens with zero attached hydrogens (tertiary/aromatic N) is 3. The number of hydrogen-bond acceptors (Lipinski definition) is 3. The number of amides is 1. The monoisotopic (exact) mass is 438 g/mol. The number of carbonyl (C=O) groups excluding carboxylic acids is 1. The van der Waals surface area contributed by atoms with Crippen molar-refractivity contribution in [3.8, 4) is 11.3 Å². The molecule has 152 valence electrons. The minimum atomic E-state index is -0.219. The summed E-state index contributed by atoms with van der Waals surface area (Å²) in [5.74, 6) is 0.357. The lowest BCUT2D eigenvalue weighted by atomic mass is 10.1. The molecule has 2 aromatic carbocycles. The van der Waals surface area contributed by atoms with Crippen molar-refractivity contribution in [3.63, 3.8) is 0 Å². The number of hydrogen-bond donors (Lipinski definition) is 1. The number of anilines is 2. The van der Waals surface area contributed by atoms with E-state index in [-0.39, 0.29) is 5.91 Å². The maximum absolute atomic E-state index is 13.1. The van der Waals surface area contributed by atoms with Crippen molar-refractivity contribution in [2.45, 2.75) is 6.92 Å². The highest BCUT2D eigenvalue weighted by atomic mass is 35.5. The van der Waals surface area contributed by atoms with E-state index in [9.17, 15) is 4.79 Å². The molecule has 5 nitrogen and oxygen atoms in total. The number of aromatic nitrogens is 2. The molecular formula is C23H20Cl2N4O. The molecule has 0 atom stereocenters. The number of aryl methyl sites for hydroxylation is 1. The number of imidazole rings is 1. The number of fused-ring (bicyclic) bond motifs is 1. The molecule has 1 amide bonds. The van der Waals surface area contributed by atoms with Gasteiger partial charge in [-0.3, -0.25) is 9.20 Å². The molecule has 0 unspecified atom stereocenters. The lowest BCUT2D eigenvalue weighted by Gasteiger charge is -2.14. The Bertz CT molecular complexity index is 1260. The predicted octanol–water partition coefficient (Wildman–Crippen LogP) is 5.93. The Kier molecular flexibility index (Phi) is 5.41. The number of rotatable bonds is 4. The summed E-state index contributed by atoms with van der Waals surface area (Å²) < 4.78 is 1.88. The fraction of sp³-hybridized carbons (Fsp3) is 0.130. The van der Waals surface area contributed by atoms with E-state index in [0.29, 0.717) is 27.1 Å². The van der Waals surface area contributed by atoms with Crippen molar-refractivity contribution >= 4 is 46.3 Å². The molecule has 0 spiro atoms. The maximum atomic E-state index is 13.1. The SMILES string of the molecule is Cc1cccn2c(NC(=O)c3cccc(N(C)C)c3)c(-c3ccc(Cl)c(Cl)c3)nc12. The van der Waals surface area contributed by atoms with E-state index in [4.69, 9.17) is 28.2 Å². The van der Waals surface area contributed by atoms with Crippen LogP contribution >= 0.6 is 23.2 Å². The van der Waals surface area contributed by atoms with Gasteiger partial charge in [-0.25, -0.2) is 4.98 Å². The Labute approximate surface area is 184 Å². The molecule has 0 fully saturated rings. The highest BCUT2D eigenvalue weighted by molar-refractivity contribution is 6.42. The van der Waals surface area contributed by atoms with Crippen LogP contribution in [0.1, 0.15) is 15.9 Å². The van der Waals surface area contributed by atoms with Crippen LogP contribution in [0.25, 0.3) is 16.9 Å². The fourth-order valence-electron chi connectivity index (χ4n) is 3.27. The van der Waals surface area contributed by atoms with Crippen LogP contribution in [0.3, 0.4) is 0 Å². The molecule has 0 saturated heterocycles. The minimum absolute atomic E-state index is 0.219. The minimum Gasteiger partial charge on any atom is -0.378 e. The Morgan fingerprint density at radius 1 is 1.03 bits per heavy atom. The smallest absolute Gasteiger partial charge is 0.256 e. The summed E-state index contributed by atoms with van der Waals surface area (Å²) in [6, 6.07) is 16.7. The Morgan fingerprint density at radius 2 is 1.83 bits per heavy atom. The first kappa shape index (κ1) is 20.3. The summed E-state index contributed by atoms with van der Waals surface area (Å²) in [6.45, 7) is 1.98. The zero-order chi connectivity index (χ0) is 21.4. The third-order valence-corrected chi connectivity index (χ3v) is 5.63. The van der Waals surface area contributed by atoms with Gasteiger partial charge in [-0.2, -0.15) is 0 Å². The van der Waals surface area contributed by atoms with Gasteiger partial charge in [0.15, 0.2) is 0 Å². The Morgan fingerprint density at radius 3 is 2.57 bits per heavy atom. The van der Waals surface area contributed by atoms with E-state index in [1.165, 1.54) is 0 Å². The third-order valence-electron chi connectivity index (χ3n) is 4.89. The van der Waals surface area contributed by atoms with Gasteiger partial charge in [0, 0.05) is 37.1 Å². The van der Waals surface area contributed by atoms with Crippen LogP contribution in [-0.2, 0) is 0 Å². The van der Waals surface area contributed by atoms with Crippen LogP contribution in [-0.4, -0.2) is 29.4 Å². The first-order valence-corrected chi connectivity index (χ1v) is 10.1. The summed E-state index contributed by atoms with van der Waals surface area (Å²) in [4.78, 5) is 19.8. The van der Waals surface area contributed by atoms with Crippen LogP contribution in [0, 0.1) is 6.92 Å². The molecule has 7 heteroatoms. The van der Waals surface area contributed by atoms with Crippen LogP contribution in [0.15, 0.2) is 60.8 Å². The zero-order valence-electron chi connectivity index (χ0n) is 16.8. The summed E-state index contributed by atoms with van der Waals surface area (Å²) >= 11 is 12.3. The van der Waals surface area contributed by atoms with Gasteiger partial charge in [0.1, 0.15) is 17.2 Å². The van der Waals surface area contributed by atoms with E-state index in [1.807, 2.05) is 72.9 Å². The molecule has 0 aliphatic heterocycles. The van der Waals surface area contributed by atoms with Gasteiger partial charge in [-0.05, 0) is 48.9 Å². The van der Waals surface area contributed by atoms with Crippen LogP contribution in [0.5, 0.6) is 0 Å². The van der Waals surface area contributed by atoms with Crippen molar-refractivity contribution in [1.29, 1.82) is 0 Å². The summed E-state index contributed by atoms with van der Waals surface area (Å²) in [5, 5.41) is 3.94. The quantitative estimate of drug-likeness (QED) is 0.429. The maximum Gasteiger partial charge on any atom is 0.256 e. The average Bonchev–Trinajstić information content (AvgIpc) is 3.10. The molecule has 2 heterocycles. The Balaban J connectivity index is 1.83. The highest BCUT2D eigenvalue weighted by Gasteiger charge is 2.19. The van der Waals surface area contributed by atoms with Gasteiger partial charge in [0.05, 0.1) is 10.0 Å². The predicted molar refractivity (Wildman–Crippen MR) is 124 cm³/mol. The molecule has 2 aromatic heterocycles. The number of halogens is 2. The van der Waals surface area contributed by atoms with Crippen molar-refractivity contribution in [1.82, 2.24) is 9.38 Å². The van der Waals surface area contributed by atoms with E-state index >= 15 is 0 Å². The molecule has 0 bridgehead atoms. The molecule has 30 heavy (non-hydrogen) atoms. The summed E-state index contributed by atoms with van der Waals surface area (Å²) in [5.41, 5.74) is 4.65. The van der Waals surface area contributed by atoms with Gasteiger partial charge < -0.3 is 10.2 Å². The third kappa shape index (κ3) is 3.74. The van der Waals surface area contributed by atoms with Gasteiger partial charge in [0.25, 0.3) is 5.91 Å². The highest BCUT2D eigenvalue weighted by Crippen LogP contribution is 2.34. The fourth-order valence-corrected chi connectivity index (χ4v) is 3.57. The normalized spacial score (nSPS) is 11.0. The second-order valence-corrected chi connectivity index (χ2v) is 8.04. The number of carbonyl (C=O) groups is 1. The first-order chi connectivity index (χ1) is 14.3. The molecule has 4 aromatic rings. The second-order valence-electron chi connectivity index (χ2n) is 7.22. The van der Waals surface area contributed by atoms with E-state index in [1.54, 1.807) is 18.2 Å². The molecule has 1 N–H and O–H groups in total. The Hall–Kier alpha value is -3.02. The van der Waals surface area contributed by atoms with Crippen molar-refractivity contribution in [3.05, 3.63) is 82.0 Å². The van der Waals surface area contributed by atoms with Crippen molar-refractivity contribution in [2.24, 2.45) is 0 Å². The molecule has 0 radical (unpaired) electrons. The summed E-state index contributed by atoms with van der Waals surface area (Å²) in [6.07, 6.45) is 1.88. The second kappa shape index (κ2) is 8.01. The molecule has 0 saturated carbocycles. The van der Waals surface area contributed by atoms with Crippen LogP contribution < -0.4 is 10.2 Å². The topological polar surface area (TPSA) is 49.6 Å².